The SMILES string of the molecule is C#CCC(O)COCC. The van der Waals surface area contributed by atoms with Gasteiger partial charge in [0.1, 0.15) is 0 Å². The van der Waals surface area contributed by atoms with Crippen LogP contribution in [-0.4, -0.2) is 24.4 Å². The van der Waals surface area contributed by atoms with Crippen LogP contribution >= 0.6 is 0 Å². The van der Waals surface area contributed by atoms with Crippen LogP contribution in [0.3, 0.4) is 0 Å². The van der Waals surface area contributed by atoms with Gasteiger partial charge in [-0.15, -0.1) is 12.3 Å². The molecule has 0 aliphatic heterocycles. The summed E-state index contributed by atoms with van der Waals surface area (Å²) >= 11 is 0. The zero-order valence-corrected chi connectivity index (χ0v) is 5.63. The molecule has 0 aliphatic carbocycles. The molecule has 0 aromatic carbocycles. The summed E-state index contributed by atoms with van der Waals surface area (Å²) < 4.78 is 4.90. The third-order valence-electron chi connectivity index (χ3n) is 0.868. The zero-order valence-electron chi connectivity index (χ0n) is 5.63. The van der Waals surface area contributed by atoms with Crippen molar-refractivity contribution in [2.24, 2.45) is 0 Å². The number of ether oxygens (including phenoxy) is 1. The molecule has 52 valence electrons. The van der Waals surface area contributed by atoms with Crippen LogP contribution in [0.5, 0.6) is 0 Å². The maximum atomic E-state index is 8.91. The zero-order chi connectivity index (χ0) is 7.11. The van der Waals surface area contributed by atoms with Crippen LogP contribution in [0.1, 0.15) is 13.3 Å². The van der Waals surface area contributed by atoms with Crippen LogP contribution in [0, 0.1) is 12.3 Å². The topological polar surface area (TPSA) is 29.5 Å². The van der Waals surface area contributed by atoms with E-state index in [1.165, 1.54) is 0 Å². The number of hydrogen-bond donors (Lipinski definition) is 1. The lowest BCUT2D eigenvalue weighted by molar-refractivity contribution is 0.0455. The molecule has 9 heavy (non-hydrogen) atoms. The van der Waals surface area contributed by atoms with Crippen molar-refractivity contribution in [1.82, 2.24) is 0 Å². The van der Waals surface area contributed by atoms with E-state index >= 15 is 0 Å². The lowest BCUT2D eigenvalue weighted by Gasteiger charge is -2.04. The van der Waals surface area contributed by atoms with Gasteiger partial charge in [-0.2, -0.15) is 0 Å². The van der Waals surface area contributed by atoms with Crippen LogP contribution in [0.15, 0.2) is 0 Å². The van der Waals surface area contributed by atoms with Crippen molar-refractivity contribution in [2.45, 2.75) is 19.4 Å². The third-order valence-corrected chi connectivity index (χ3v) is 0.868. The van der Waals surface area contributed by atoms with E-state index in [1.54, 1.807) is 0 Å². The third kappa shape index (κ3) is 5.35. The second kappa shape index (κ2) is 5.61. The predicted molar refractivity (Wildman–Crippen MR) is 35.9 cm³/mol. The largest absolute Gasteiger partial charge is 0.390 e. The molecule has 0 amide bonds. The van der Waals surface area contributed by atoms with Gasteiger partial charge in [0.2, 0.25) is 0 Å². The second-order valence-corrected chi connectivity index (χ2v) is 1.72. The van der Waals surface area contributed by atoms with E-state index < -0.39 is 6.10 Å². The molecular formula is C7H12O2. The normalized spacial score (nSPS) is 12.6. The number of hydrogen-bond acceptors (Lipinski definition) is 2. The number of rotatable bonds is 4. The summed E-state index contributed by atoms with van der Waals surface area (Å²) in [7, 11) is 0. The standard InChI is InChI=1S/C7H12O2/c1-3-5-7(8)6-9-4-2/h1,7-8H,4-6H2,2H3. The summed E-state index contributed by atoms with van der Waals surface area (Å²) in [6, 6.07) is 0. The molecule has 0 fully saturated rings. The molecule has 1 N–H and O–H groups in total. The first-order valence-corrected chi connectivity index (χ1v) is 3.00. The molecule has 0 aromatic heterocycles. The fourth-order valence-corrected chi connectivity index (χ4v) is 0.449. The molecule has 0 radical (unpaired) electrons. The first-order valence-electron chi connectivity index (χ1n) is 3.00. The molecule has 0 aliphatic rings. The van der Waals surface area contributed by atoms with Crippen molar-refractivity contribution in [2.75, 3.05) is 13.2 Å². The van der Waals surface area contributed by atoms with Gasteiger partial charge in [-0.1, -0.05) is 0 Å². The highest BCUT2D eigenvalue weighted by molar-refractivity contribution is 4.86. The van der Waals surface area contributed by atoms with Gasteiger partial charge in [0.25, 0.3) is 0 Å². The molecule has 1 unspecified atom stereocenters. The number of aliphatic hydroxyl groups excluding tert-OH is 1. The van der Waals surface area contributed by atoms with Gasteiger partial charge < -0.3 is 9.84 Å². The fourth-order valence-electron chi connectivity index (χ4n) is 0.449. The molecule has 0 bridgehead atoms. The first-order chi connectivity index (χ1) is 4.31. The minimum atomic E-state index is -0.491. The molecule has 0 heterocycles. The van der Waals surface area contributed by atoms with Crippen molar-refractivity contribution < 1.29 is 9.84 Å². The van der Waals surface area contributed by atoms with Crippen molar-refractivity contribution in [3.63, 3.8) is 0 Å². The molecule has 0 saturated carbocycles. The Balaban J connectivity index is 3.08. The summed E-state index contributed by atoms with van der Waals surface area (Å²) in [5.41, 5.74) is 0. The van der Waals surface area contributed by atoms with Crippen molar-refractivity contribution in [1.29, 1.82) is 0 Å². The highest BCUT2D eigenvalue weighted by Crippen LogP contribution is 1.89. The number of aliphatic hydroxyl groups is 1. The summed E-state index contributed by atoms with van der Waals surface area (Å²) in [6.45, 7) is 2.85. The quantitative estimate of drug-likeness (QED) is 0.555. The molecule has 2 heteroatoms. The molecule has 0 spiro atoms. The van der Waals surface area contributed by atoms with E-state index in [2.05, 4.69) is 5.92 Å². The van der Waals surface area contributed by atoms with Gasteiger partial charge in [0, 0.05) is 13.0 Å². The Morgan fingerprint density at radius 2 is 2.44 bits per heavy atom. The average molecular weight is 128 g/mol. The summed E-state index contributed by atoms with van der Waals surface area (Å²) in [5.74, 6) is 2.35. The second-order valence-electron chi connectivity index (χ2n) is 1.72. The van der Waals surface area contributed by atoms with Gasteiger partial charge in [-0.25, -0.2) is 0 Å². The van der Waals surface area contributed by atoms with E-state index in [0.29, 0.717) is 19.6 Å². The van der Waals surface area contributed by atoms with Crippen LogP contribution in [-0.2, 0) is 4.74 Å². The molecule has 0 rings (SSSR count). The Kier molecular flexibility index (Phi) is 5.29. The lowest BCUT2D eigenvalue weighted by atomic mass is 10.3. The van der Waals surface area contributed by atoms with E-state index in [-0.39, 0.29) is 0 Å². The highest BCUT2D eigenvalue weighted by Gasteiger charge is 1.98. The predicted octanol–water partition coefficient (Wildman–Crippen LogP) is 0.407. The van der Waals surface area contributed by atoms with E-state index in [4.69, 9.17) is 16.3 Å². The maximum Gasteiger partial charge on any atom is 0.0882 e. The molecule has 2 nitrogen and oxygen atoms in total. The van der Waals surface area contributed by atoms with Crippen molar-refractivity contribution >= 4 is 0 Å². The van der Waals surface area contributed by atoms with Crippen LogP contribution in [0.25, 0.3) is 0 Å². The van der Waals surface area contributed by atoms with Gasteiger partial charge in [0.05, 0.1) is 12.7 Å². The highest BCUT2D eigenvalue weighted by atomic mass is 16.5. The Morgan fingerprint density at radius 3 is 2.89 bits per heavy atom. The first kappa shape index (κ1) is 8.48. The van der Waals surface area contributed by atoms with Gasteiger partial charge >= 0.3 is 0 Å². The van der Waals surface area contributed by atoms with Crippen LogP contribution < -0.4 is 0 Å². The molecule has 0 saturated heterocycles. The number of terminal acetylenes is 1. The fraction of sp³-hybridized carbons (Fsp3) is 0.714. The molecular weight excluding hydrogens is 116 g/mol. The van der Waals surface area contributed by atoms with Crippen molar-refractivity contribution in [3.05, 3.63) is 0 Å². The Hall–Kier alpha value is -0.520. The Morgan fingerprint density at radius 1 is 1.78 bits per heavy atom. The Labute approximate surface area is 55.8 Å². The van der Waals surface area contributed by atoms with Crippen LogP contribution in [0.4, 0.5) is 0 Å². The van der Waals surface area contributed by atoms with E-state index in [9.17, 15) is 0 Å². The van der Waals surface area contributed by atoms with E-state index in [0.717, 1.165) is 0 Å². The van der Waals surface area contributed by atoms with Gasteiger partial charge in [0.15, 0.2) is 0 Å². The molecule has 0 aromatic rings. The lowest BCUT2D eigenvalue weighted by Crippen LogP contribution is -2.13. The van der Waals surface area contributed by atoms with Gasteiger partial charge in [-0.05, 0) is 6.92 Å². The van der Waals surface area contributed by atoms with Gasteiger partial charge in [-0.3, -0.25) is 0 Å². The van der Waals surface area contributed by atoms with E-state index in [1.807, 2.05) is 6.92 Å². The van der Waals surface area contributed by atoms with Crippen LogP contribution in [0.2, 0.25) is 0 Å². The summed E-state index contributed by atoms with van der Waals surface area (Å²) in [5, 5.41) is 8.91. The van der Waals surface area contributed by atoms with Crippen molar-refractivity contribution in [3.8, 4) is 12.3 Å². The maximum absolute atomic E-state index is 8.91. The smallest absolute Gasteiger partial charge is 0.0882 e. The molecule has 1 atom stereocenters. The minimum absolute atomic E-state index is 0.348. The summed E-state index contributed by atoms with van der Waals surface area (Å²) in [4.78, 5) is 0. The summed E-state index contributed by atoms with van der Waals surface area (Å²) in [6.07, 6.45) is 4.82. The Bertz CT molecular complexity index is 93.6. The monoisotopic (exact) mass is 128 g/mol. The minimum Gasteiger partial charge on any atom is -0.390 e. The average Bonchev–Trinajstić information content (AvgIpc) is 1.85.